The van der Waals surface area contributed by atoms with Crippen LogP contribution in [-0.4, -0.2) is 62.3 Å². The van der Waals surface area contributed by atoms with Crippen LogP contribution in [0.1, 0.15) is 13.8 Å². The Morgan fingerprint density at radius 2 is 1.76 bits per heavy atom. The summed E-state index contributed by atoms with van der Waals surface area (Å²) in [7, 11) is 8.38. The van der Waals surface area contributed by atoms with Crippen LogP contribution in [0.3, 0.4) is 0 Å². The fourth-order valence-electron chi connectivity index (χ4n) is 2.85. The van der Waals surface area contributed by atoms with Crippen molar-refractivity contribution in [1.82, 2.24) is 9.71 Å². The highest BCUT2D eigenvalue weighted by Crippen LogP contribution is 2.21. The molecule has 0 aliphatic heterocycles. The second-order valence-electron chi connectivity index (χ2n) is 7.18. The molecule has 0 saturated heterocycles. The van der Waals surface area contributed by atoms with E-state index in [1.807, 2.05) is 25.1 Å². The number of nitrogens with one attached hydrogen (secondary N) is 2. The molecule has 0 aliphatic rings. The monoisotopic (exact) mass is 366 g/mol. The van der Waals surface area contributed by atoms with Crippen LogP contribution in [-0.2, 0) is 0 Å². The minimum atomic E-state index is -0.141. The van der Waals surface area contributed by atoms with E-state index in [1.54, 1.807) is 17.8 Å². The molecule has 6 nitrogen and oxygen atoms in total. The molecule has 1 aromatic carbocycles. The second-order valence-corrected chi connectivity index (χ2v) is 8.58. The normalized spacial score (nSPS) is 14.2. The van der Waals surface area contributed by atoms with Gasteiger partial charge in [0.05, 0.1) is 50.9 Å². The highest BCUT2D eigenvalue weighted by molar-refractivity contribution is 7.99. The molecule has 0 bridgehead atoms. The third kappa shape index (κ3) is 5.45. The summed E-state index contributed by atoms with van der Waals surface area (Å²) in [5, 5.41) is 1.53. The van der Waals surface area contributed by atoms with Crippen molar-refractivity contribution in [2.24, 2.45) is 0 Å². The average Bonchev–Trinajstić information content (AvgIpc) is 2.49. The number of rotatable bonds is 8. The van der Waals surface area contributed by atoms with Gasteiger partial charge in [0.1, 0.15) is 6.54 Å². The Bertz CT molecular complexity index is 760. The maximum Gasteiger partial charge on any atom is 0.295 e. The van der Waals surface area contributed by atoms with Gasteiger partial charge in [-0.3, -0.25) is 4.79 Å². The molecule has 25 heavy (non-hydrogen) atoms. The number of fused-ring (bicyclic) bond motifs is 1. The van der Waals surface area contributed by atoms with Crippen molar-refractivity contribution in [2.45, 2.75) is 30.4 Å². The molecule has 2 aromatic rings. The number of nitrogens with zero attached hydrogens (tertiary/aromatic N) is 2. The number of thioether (sulfide) groups is 1. The third-order valence-electron chi connectivity index (χ3n) is 3.69. The molecule has 1 aromatic heterocycles. The second kappa shape index (κ2) is 8.69. The minimum absolute atomic E-state index is 0.0835. The number of likely N-dealkylation sites (N-methyl/N-ethyl adjacent to an activating group) is 1. The first-order chi connectivity index (χ1) is 11.8. The van der Waals surface area contributed by atoms with E-state index >= 15 is 0 Å². The quantitative estimate of drug-likeness (QED) is 0.464. The van der Waals surface area contributed by atoms with E-state index in [1.165, 1.54) is 14.5 Å². The average molecular weight is 367 g/mol. The Morgan fingerprint density at radius 1 is 1.12 bits per heavy atom. The summed E-state index contributed by atoms with van der Waals surface area (Å²) in [5.41, 5.74) is 0.572. The summed E-state index contributed by atoms with van der Waals surface area (Å²) in [6.45, 7) is 5.92. The highest BCUT2D eigenvalue weighted by Gasteiger charge is 2.19. The van der Waals surface area contributed by atoms with Crippen LogP contribution in [0.15, 0.2) is 34.2 Å². The molecular weight excluding hydrogens is 336 g/mol. The van der Waals surface area contributed by atoms with Gasteiger partial charge in [0.2, 0.25) is 5.16 Å². The third-order valence-corrected chi connectivity index (χ3v) is 4.73. The van der Waals surface area contributed by atoms with E-state index in [0.29, 0.717) is 21.3 Å². The lowest BCUT2D eigenvalue weighted by molar-refractivity contribution is -0.861. The van der Waals surface area contributed by atoms with E-state index in [9.17, 15) is 4.79 Å². The molecule has 138 valence electrons. The lowest BCUT2D eigenvalue weighted by Gasteiger charge is -2.21. The van der Waals surface area contributed by atoms with Gasteiger partial charge >= 0.3 is 0 Å². The summed E-state index contributed by atoms with van der Waals surface area (Å²) in [4.78, 5) is 26.3. The van der Waals surface area contributed by atoms with Crippen molar-refractivity contribution < 1.29 is 14.6 Å². The van der Waals surface area contributed by atoms with Gasteiger partial charge in [-0.25, -0.2) is 4.98 Å². The van der Waals surface area contributed by atoms with Crippen molar-refractivity contribution >= 4 is 22.7 Å². The predicted molar refractivity (Wildman–Crippen MR) is 103 cm³/mol. The van der Waals surface area contributed by atoms with Gasteiger partial charge in [0.25, 0.3) is 5.56 Å². The zero-order valence-electron chi connectivity index (χ0n) is 16.0. The lowest BCUT2D eigenvalue weighted by atomic mass is 10.2. The molecule has 0 radical (unpaired) electrons. The Kier molecular flexibility index (Phi) is 6.87. The largest absolute Gasteiger partial charge is 0.399 e. The van der Waals surface area contributed by atoms with Gasteiger partial charge in [-0.2, -0.15) is 0 Å². The number of hydrogen-bond acceptors (Lipinski definition) is 4. The number of benzene rings is 1. The minimum Gasteiger partial charge on any atom is -0.399 e. The summed E-state index contributed by atoms with van der Waals surface area (Å²) >= 11 is 1.59. The first-order valence-electron chi connectivity index (χ1n) is 8.71. The van der Waals surface area contributed by atoms with Gasteiger partial charge in [-0.15, -0.1) is 4.73 Å². The van der Waals surface area contributed by atoms with E-state index < -0.39 is 0 Å². The zero-order chi connectivity index (χ0) is 18.6. The van der Waals surface area contributed by atoms with E-state index in [0.717, 1.165) is 13.1 Å². The first-order valence-corrected chi connectivity index (χ1v) is 9.59. The molecule has 0 fully saturated rings. The highest BCUT2D eigenvalue weighted by atomic mass is 32.2. The van der Waals surface area contributed by atoms with Crippen molar-refractivity contribution in [3.8, 4) is 0 Å². The zero-order valence-corrected chi connectivity index (χ0v) is 16.8. The Labute approximate surface area is 153 Å². The molecular formula is C18H30N4O2S+2. The molecule has 2 rings (SSSR count). The van der Waals surface area contributed by atoms with Crippen molar-refractivity contribution in [3.05, 3.63) is 34.6 Å². The Hall–Kier alpha value is -1.57. The SMILES string of the molecule is C[C@H](C[NH+](C)C)On1c(S[C@@H](C)C[NH+](C)C)nc2ccccc2c1=O. The smallest absolute Gasteiger partial charge is 0.295 e. The van der Waals surface area contributed by atoms with Crippen LogP contribution in [0.5, 0.6) is 0 Å². The maximum atomic E-state index is 12.9. The van der Waals surface area contributed by atoms with Crippen LogP contribution < -0.4 is 20.2 Å². The summed E-state index contributed by atoms with van der Waals surface area (Å²) in [6.07, 6.45) is -0.0835. The molecule has 7 heteroatoms. The van der Waals surface area contributed by atoms with Crippen molar-refractivity contribution in [3.63, 3.8) is 0 Å². The molecule has 2 N–H and O–H groups in total. The van der Waals surface area contributed by atoms with Crippen LogP contribution >= 0.6 is 11.8 Å². The van der Waals surface area contributed by atoms with Gasteiger partial charge in [-0.1, -0.05) is 23.9 Å². The molecule has 0 amide bonds. The van der Waals surface area contributed by atoms with Gasteiger partial charge < -0.3 is 14.6 Å². The van der Waals surface area contributed by atoms with Crippen LogP contribution in [0.25, 0.3) is 10.9 Å². The number of hydrogen-bond donors (Lipinski definition) is 2. The fourth-order valence-corrected chi connectivity index (χ4v) is 4.00. The van der Waals surface area contributed by atoms with Crippen molar-refractivity contribution in [1.29, 1.82) is 0 Å². The van der Waals surface area contributed by atoms with Crippen LogP contribution in [0.2, 0.25) is 0 Å². The van der Waals surface area contributed by atoms with Gasteiger partial charge in [-0.05, 0) is 26.0 Å². The van der Waals surface area contributed by atoms with Crippen LogP contribution in [0.4, 0.5) is 0 Å². The standard InChI is InChI=1S/C18H28N4O2S/c1-13(11-20(3)4)24-22-17(23)15-9-7-8-10-16(15)19-18(22)25-14(2)12-21(5)6/h7-10,13-14H,11-12H2,1-6H3/p+2/t13-,14+/m1/s1. The van der Waals surface area contributed by atoms with E-state index in [-0.39, 0.29) is 11.7 Å². The molecule has 1 heterocycles. The van der Waals surface area contributed by atoms with Crippen molar-refractivity contribution in [2.75, 3.05) is 41.3 Å². The maximum absolute atomic E-state index is 12.9. The number of para-hydroxylation sites is 1. The van der Waals surface area contributed by atoms with E-state index in [4.69, 9.17) is 9.82 Å². The van der Waals surface area contributed by atoms with Gasteiger partial charge in [0, 0.05) is 0 Å². The molecule has 0 aliphatic carbocycles. The van der Waals surface area contributed by atoms with E-state index in [2.05, 4.69) is 35.1 Å². The summed E-state index contributed by atoms with van der Waals surface area (Å²) in [6, 6.07) is 7.43. The molecule has 0 unspecified atom stereocenters. The molecule has 0 spiro atoms. The van der Waals surface area contributed by atoms with Crippen LogP contribution in [0, 0.1) is 0 Å². The molecule has 2 atom stereocenters. The summed E-state index contributed by atoms with van der Waals surface area (Å²) < 4.78 is 1.39. The number of aromatic nitrogens is 2. The Morgan fingerprint density at radius 3 is 2.40 bits per heavy atom. The fraction of sp³-hybridized carbons (Fsp3) is 0.556. The Balaban J connectivity index is 2.42. The molecule has 0 saturated carbocycles. The lowest BCUT2D eigenvalue weighted by Crippen LogP contribution is -3.07. The first kappa shape index (κ1) is 19.8. The topological polar surface area (TPSA) is 53.0 Å². The summed E-state index contributed by atoms with van der Waals surface area (Å²) in [5.74, 6) is 0. The predicted octanol–water partition coefficient (Wildman–Crippen LogP) is -1.02. The van der Waals surface area contributed by atoms with Gasteiger partial charge in [0.15, 0.2) is 6.10 Å². The number of quaternary nitrogens is 2.